The smallest absolute Gasteiger partial charge is 0.254 e. The van der Waals surface area contributed by atoms with Gasteiger partial charge >= 0.3 is 0 Å². The van der Waals surface area contributed by atoms with Crippen molar-refractivity contribution in [3.63, 3.8) is 0 Å². The summed E-state index contributed by atoms with van der Waals surface area (Å²) in [6.45, 7) is 0.202. The fourth-order valence-corrected chi connectivity index (χ4v) is 4.30. The third-order valence-corrected chi connectivity index (χ3v) is 5.90. The highest BCUT2D eigenvalue weighted by molar-refractivity contribution is 7.99. The summed E-state index contributed by atoms with van der Waals surface area (Å²) in [7, 11) is 0. The Hall–Kier alpha value is -2.55. The van der Waals surface area contributed by atoms with Crippen LogP contribution in [0.15, 0.2) is 42.5 Å². The van der Waals surface area contributed by atoms with E-state index in [1.807, 2.05) is 0 Å². The predicted molar refractivity (Wildman–Crippen MR) is 110 cm³/mol. The summed E-state index contributed by atoms with van der Waals surface area (Å²) in [6.07, 6.45) is -0.595. The molecule has 3 rings (SSSR count). The van der Waals surface area contributed by atoms with Gasteiger partial charge in [-0.3, -0.25) is 9.59 Å². The zero-order chi connectivity index (χ0) is 20.8. The molecule has 1 aliphatic heterocycles. The van der Waals surface area contributed by atoms with Crippen molar-refractivity contribution in [2.45, 2.75) is 12.1 Å². The lowest BCUT2D eigenvalue weighted by molar-refractivity contribution is 0.0628. The second-order valence-corrected chi connectivity index (χ2v) is 7.78. The lowest BCUT2D eigenvalue weighted by atomic mass is 10.0. The number of hydrogen-bond acceptors (Lipinski definition) is 7. The number of hydrogen-bond donors (Lipinski definition) is 3. The molecule has 8 heteroatoms. The molecule has 7 nitrogen and oxygen atoms in total. The minimum Gasteiger partial charge on any atom is -0.507 e. The largest absolute Gasteiger partial charge is 0.507 e. The number of rotatable bonds is 7. The highest BCUT2D eigenvalue weighted by atomic mass is 32.2. The molecule has 0 aromatic heterocycles. The number of aldehydes is 1. The fourth-order valence-electron chi connectivity index (χ4n) is 3.26. The molecule has 29 heavy (non-hydrogen) atoms. The van der Waals surface area contributed by atoms with E-state index in [-0.39, 0.29) is 35.6 Å². The van der Waals surface area contributed by atoms with Crippen LogP contribution in [-0.2, 0) is 0 Å². The molecule has 154 valence electrons. The van der Waals surface area contributed by atoms with Crippen LogP contribution in [0.4, 0.5) is 0 Å². The van der Waals surface area contributed by atoms with Gasteiger partial charge in [-0.1, -0.05) is 24.3 Å². The van der Waals surface area contributed by atoms with Crippen LogP contribution in [0, 0.1) is 0 Å². The van der Waals surface area contributed by atoms with Crippen LogP contribution in [0.1, 0.15) is 32.4 Å². The quantitative estimate of drug-likeness (QED) is 0.590. The number of nitrogens with zero attached hydrogens (tertiary/aromatic N) is 1. The number of aliphatic hydroxyl groups is 2. The summed E-state index contributed by atoms with van der Waals surface area (Å²) in [5.74, 6) is 1.30. The van der Waals surface area contributed by atoms with E-state index in [0.717, 1.165) is 5.75 Å². The van der Waals surface area contributed by atoms with Gasteiger partial charge in [-0.05, 0) is 23.8 Å². The van der Waals surface area contributed by atoms with Gasteiger partial charge in [-0.15, -0.1) is 0 Å². The van der Waals surface area contributed by atoms with E-state index in [4.69, 9.17) is 4.74 Å². The molecule has 1 fully saturated rings. The highest BCUT2D eigenvalue weighted by Crippen LogP contribution is 2.28. The zero-order valence-electron chi connectivity index (χ0n) is 15.7. The van der Waals surface area contributed by atoms with Gasteiger partial charge < -0.3 is 25.0 Å². The lowest BCUT2D eigenvalue weighted by Gasteiger charge is -2.36. The van der Waals surface area contributed by atoms with E-state index in [1.54, 1.807) is 53.1 Å². The topological polar surface area (TPSA) is 107 Å². The predicted octanol–water partition coefficient (Wildman–Crippen LogP) is 1.87. The van der Waals surface area contributed by atoms with E-state index < -0.39 is 12.7 Å². The number of carbonyl (C=O) groups excluding carboxylic acids is 2. The minimum absolute atomic E-state index is 0.0743. The standard InChI is InChI=1S/C21H23NO6S/c23-10-17-18(25)6-3-7-20(17)28-12-14-13-29-9-8-22(14)21(27)16-5-2-1-4-15(16)19(26)11-24/h1-7,10,14,19,24-26H,8-9,11-13H2. The monoisotopic (exact) mass is 417 g/mol. The van der Waals surface area contributed by atoms with E-state index in [2.05, 4.69) is 0 Å². The first-order valence-corrected chi connectivity index (χ1v) is 10.4. The van der Waals surface area contributed by atoms with Crippen molar-refractivity contribution in [1.29, 1.82) is 0 Å². The van der Waals surface area contributed by atoms with Gasteiger partial charge in [0.25, 0.3) is 5.91 Å². The number of ether oxygens (including phenoxy) is 1. The van der Waals surface area contributed by atoms with Gasteiger partial charge in [0.05, 0.1) is 18.2 Å². The van der Waals surface area contributed by atoms with E-state index >= 15 is 0 Å². The highest BCUT2D eigenvalue weighted by Gasteiger charge is 2.30. The minimum atomic E-state index is -1.13. The fraction of sp³-hybridized carbons (Fsp3) is 0.333. The van der Waals surface area contributed by atoms with Gasteiger partial charge in [0.15, 0.2) is 6.29 Å². The molecule has 2 aromatic rings. The SMILES string of the molecule is O=Cc1c(O)cccc1OCC1CSCCN1C(=O)c1ccccc1C(O)CO. The molecule has 0 radical (unpaired) electrons. The third-order valence-electron chi connectivity index (χ3n) is 4.80. The first-order chi connectivity index (χ1) is 14.1. The number of carbonyl (C=O) groups is 2. The van der Waals surface area contributed by atoms with Crippen molar-refractivity contribution in [2.24, 2.45) is 0 Å². The van der Waals surface area contributed by atoms with Crippen LogP contribution in [0.5, 0.6) is 11.5 Å². The molecule has 2 aromatic carbocycles. The number of benzene rings is 2. The Kier molecular flexibility index (Phi) is 7.13. The Morgan fingerprint density at radius 1 is 1.28 bits per heavy atom. The van der Waals surface area contributed by atoms with Crippen molar-refractivity contribution < 1.29 is 29.6 Å². The molecule has 1 heterocycles. The van der Waals surface area contributed by atoms with Crippen LogP contribution >= 0.6 is 11.8 Å². The van der Waals surface area contributed by atoms with Crippen molar-refractivity contribution in [3.8, 4) is 11.5 Å². The average molecular weight is 417 g/mol. The van der Waals surface area contributed by atoms with Crippen molar-refractivity contribution >= 4 is 24.0 Å². The Labute approximate surface area is 172 Å². The number of aliphatic hydroxyl groups excluding tert-OH is 2. The van der Waals surface area contributed by atoms with E-state index in [0.29, 0.717) is 29.7 Å². The summed E-state index contributed by atoms with van der Waals surface area (Å²) < 4.78 is 5.78. The van der Waals surface area contributed by atoms with Crippen LogP contribution in [0.3, 0.4) is 0 Å². The second kappa shape index (κ2) is 9.78. The summed E-state index contributed by atoms with van der Waals surface area (Å²) >= 11 is 1.70. The van der Waals surface area contributed by atoms with Crippen LogP contribution in [-0.4, -0.2) is 69.7 Å². The second-order valence-electron chi connectivity index (χ2n) is 6.63. The maximum atomic E-state index is 13.2. The Morgan fingerprint density at radius 2 is 2.07 bits per heavy atom. The van der Waals surface area contributed by atoms with Gasteiger partial charge in [0, 0.05) is 23.6 Å². The molecule has 1 saturated heterocycles. The van der Waals surface area contributed by atoms with Crippen molar-refractivity contribution in [1.82, 2.24) is 4.90 Å². The van der Waals surface area contributed by atoms with Gasteiger partial charge in [0.1, 0.15) is 24.2 Å². The maximum absolute atomic E-state index is 13.2. The van der Waals surface area contributed by atoms with Gasteiger partial charge in [-0.2, -0.15) is 11.8 Å². The number of phenols is 1. The molecule has 0 spiro atoms. The molecule has 0 aliphatic carbocycles. The Balaban J connectivity index is 1.79. The lowest BCUT2D eigenvalue weighted by Crippen LogP contribution is -2.49. The summed E-state index contributed by atoms with van der Waals surface area (Å²) in [5, 5.41) is 29.1. The first-order valence-electron chi connectivity index (χ1n) is 9.23. The third kappa shape index (κ3) is 4.72. The molecule has 2 unspecified atom stereocenters. The number of aromatic hydroxyl groups is 1. The van der Waals surface area contributed by atoms with E-state index in [1.165, 1.54) is 6.07 Å². The normalized spacial score (nSPS) is 17.6. The number of thioether (sulfide) groups is 1. The van der Waals surface area contributed by atoms with Crippen LogP contribution in [0.25, 0.3) is 0 Å². The molecule has 1 aliphatic rings. The van der Waals surface area contributed by atoms with Gasteiger partial charge in [0.2, 0.25) is 0 Å². The molecule has 3 N–H and O–H groups in total. The summed E-state index contributed by atoms with van der Waals surface area (Å²) in [5.41, 5.74) is 0.802. The molecule has 1 amide bonds. The van der Waals surface area contributed by atoms with Crippen molar-refractivity contribution in [2.75, 3.05) is 31.3 Å². The number of phenolic OH excluding ortho intramolecular Hbond substituents is 1. The molecular weight excluding hydrogens is 394 g/mol. The average Bonchev–Trinajstić information content (AvgIpc) is 2.77. The molecular formula is C21H23NO6S. The summed E-state index contributed by atoms with van der Waals surface area (Å²) in [4.78, 5) is 26.1. The van der Waals surface area contributed by atoms with Crippen LogP contribution in [0.2, 0.25) is 0 Å². The zero-order valence-corrected chi connectivity index (χ0v) is 16.5. The van der Waals surface area contributed by atoms with Crippen molar-refractivity contribution in [3.05, 3.63) is 59.2 Å². The Bertz CT molecular complexity index is 874. The number of amides is 1. The molecule has 2 atom stereocenters. The maximum Gasteiger partial charge on any atom is 0.254 e. The Morgan fingerprint density at radius 3 is 2.83 bits per heavy atom. The first kappa shape index (κ1) is 21.2. The van der Waals surface area contributed by atoms with Crippen LogP contribution < -0.4 is 4.74 Å². The molecule has 0 saturated carbocycles. The summed E-state index contributed by atoms with van der Waals surface area (Å²) in [6, 6.07) is 11.0. The van der Waals surface area contributed by atoms with Gasteiger partial charge in [-0.25, -0.2) is 0 Å². The van der Waals surface area contributed by atoms with E-state index in [9.17, 15) is 24.9 Å². The molecule has 0 bridgehead atoms.